The smallest absolute Gasteiger partial charge is 0.247 e. The Kier molecular flexibility index (Phi) is 6.76. The highest BCUT2D eigenvalue weighted by Crippen LogP contribution is 2.43. The van der Waals surface area contributed by atoms with Crippen LogP contribution >= 0.6 is 11.8 Å². The number of para-hydroxylation sites is 2. The maximum Gasteiger partial charge on any atom is 0.247 e. The number of nitrogens with zero attached hydrogens (tertiary/aromatic N) is 3. The zero-order valence-corrected chi connectivity index (χ0v) is 18.7. The van der Waals surface area contributed by atoms with Crippen LogP contribution in [0.4, 0.5) is 5.69 Å². The van der Waals surface area contributed by atoms with Gasteiger partial charge in [-0.3, -0.25) is 0 Å². The number of hydrogen-bond acceptors (Lipinski definition) is 8. The number of nitrogens with one attached hydrogen (secondary N) is 1. The van der Waals surface area contributed by atoms with Gasteiger partial charge >= 0.3 is 0 Å². The van der Waals surface area contributed by atoms with E-state index in [1.54, 1.807) is 18.9 Å². The van der Waals surface area contributed by atoms with Crippen LogP contribution in [0.15, 0.2) is 47.6 Å². The number of fused-ring (bicyclic) bond motifs is 3. The molecule has 7 nitrogen and oxygen atoms in total. The van der Waals surface area contributed by atoms with E-state index in [-0.39, 0.29) is 0 Å². The van der Waals surface area contributed by atoms with E-state index in [1.807, 2.05) is 49.4 Å². The minimum Gasteiger partial charge on any atom is -0.492 e. The molecule has 0 amide bonds. The Morgan fingerprint density at radius 1 is 1.10 bits per heavy atom. The lowest BCUT2D eigenvalue weighted by molar-refractivity contribution is 0.217. The number of rotatable bonds is 8. The molecule has 3 aromatic rings. The maximum absolute atomic E-state index is 6.37. The Morgan fingerprint density at radius 2 is 1.97 bits per heavy atom. The van der Waals surface area contributed by atoms with Gasteiger partial charge in [-0.2, -0.15) is 4.98 Å². The topological polar surface area (TPSA) is 78.4 Å². The minimum atomic E-state index is -0.539. The Hall–Kier alpha value is -3.00. The Morgan fingerprint density at radius 3 is 2.77 bits per heavy atom. The standard InChI is InChI=1S/C23H26N4O3S/c1-4-6-14-31-23-25-22-19(26-27-23)15-10-7-8-12-17(15)24-21(30-22)16-11-9-13-18(29-5-2)20(16)28-3/h7-13,21,24H,4-6,14H2,1-3H3. The molecule has 0 aliphatic carbocycles. The van der Waals surface area contributed by atoms with Crippen LogP contribution in [-0.2, 0) is 0 Å². The molecule has 2 aromatic carbocycles. The number of ether oxygens (including phenoxy) is 3. The Labute approximate surface area is 186 Å². The van der Waals surface area contributed by atoms with Crippen molar-refractivity contribution in [1.82, 2.24) is 15.2 Å². The van der Waals surface area contributed by atoms with E-state index >= 15 is 0 Å². The lowest BCUT2D eigenvalue weighted by Crippen LogP contribution is -2.18. The average molecular weight is 439 g/mol. The molecule has 162 valence electrons. The second-order valence-corrected chi connectivity index (χ2v) is 8.01. The quantitative estimate of drug-likeness (QED) is 0.373. The van der Waals surface area contributed by atoms with Gasteiger partial charge in [-0.25, -0.2) is 0 Å². The summed E-state index contributed by atoms with van der Waals surface area (Å²) in [6.07, 6.45) is 1.68. The zero-order chi connectivity index (χ0) is 21.6. The van der Waals surface area contributed by atoms with E-state index < -0.39 is 6.23 Å². The highest BCUT2D eigenvalue weighted by Gasteiger charge is 2.28. The molecular weight excluding hydrogens is 412 g/mol. The lowest BCUT2D eigenvalue weighted by Gasteiger charge is -2.22. The van der Waals surface area contributed by atoms with Crippen molar-refractivity contribution in [3.05, 3.63) is 48.0 Å². The highest BCUT2D eigenvalue weighted by molar-refractivity contribution is 7.99. The summed E-state index contributed by atoms with van der Waals surface area (Å²) in [6, 6.07) is 13.7. The molecule has 0 spiro atoms. The molecule has 0 bridgehead atoms. The van der Waals surface area contributed by atoms with E-state index in [2.05, 4.69) is 27.4 Å². The van der Waals surface area contributed by atoms with E-state index in [9.17, 15) is 0 Å². The molecule has 0 radical (unpaired) electrons. The third-order valence-electron chi connectivity index (χ3n) is 4.86. The van der Waals surface area contributed by atoms with Gasteiger partial charge in [0, 0.05) is 17.0 Å². The summed E-state index contributed by atoms with van der Waals surface area (Å²) in [4.78, 5) is 4.69. The molecule has 0 fully saturated rings. The number of benzene rings is 2. The van der Waals surface area contributed by atoms with Crippen LogP contribution in [0.1, 0.15) is 38.5 Å². The third-order valence-corrected chi connectivity index (χ3v) is 5.78. The lowest BCUT2D eigenvalue weighted by atomic mass is 10.1. The summed E-state index contributed by atoms with van der Waals surface area (Å²) in [5.74, 6) is 2.68. The van der Waals surface area contributed by atoms with E-state index in [4.69, 9.17) is 14.2 Å². The van der Waals surface area contributed by atoms with Crippen molar-refractivity contribution in [2.24, 2.45) is 0 Å². The van der Waals surface area contributed by atoms with Crippen molar-refractivity contribution in [3.8, 4) is 28.6 Å². The predicted octanol–water partition coefficient (Wildman–Crippen LogP) is 5.34. The van der Waals surface area contributed by atoms with E-state index in [0.717, 1.165) is 35.4 Å². The van der Waals surface area contributed by atoms with E-state index in [0.29, 0.717) is 34.8 Å². The SMILES string of the molecule is CCCCSc1nnc2c(n1)OC(c1cccc(OCC)c1OC)Nc1ccccc1-2. The van der Waals surface area contributed by atoms with Crippen LogP contribution in [0.3, 0.4) is 0 Å². The number of unbranched alkanes of at least 4 members (excludes halogenated alkanes) is 1. The van der Waals surface area contributed by atoms with Crippen LogP contribution in [0.25, 0.3) is 11.3 Å². The van der Waals surface area contributed by atoms with Gasteiger partial charge in [-0.15, -0.1) is 10.2 Å². The zero-order valence-electron chi connectivity index (χ0n) is 17.9. The molecule has 0 saturated carbocycles. The summed E-state index contributed by atoms with van der Waals surface area (Å²) in [5, 5.41) is 12.9. The maximum atomic E-state index is 6.37. The summed E-state index contributed by atoms with van der Waals surface area (Å²) < 4.78 is 17.8. The van der Waals surface area contributed by atoms with Gasteiger partial charge < -0.3 is 19.5 Å². The summed E-state index contributed by atoms with van der Waals surface area (Å²) in [7, 11) is 1.63. The second kappa shape index (κ2) is 9.87. The van der Waals surface area contributed by atoms with Crippen LogP contribution in [0.5, 0.6) is 17.4 Å². The van der Waals surface area contributed by atoms with Gasteiger partial charge in [0.2, 0.25) is 17.3 Å². The highest BCUT2D eigenvalue weighted by atomic mass is 32.2. The van der Waals surface area contributed by atoms with Crippen molar-refractivity contribution >= 4 is 17.4 Å². The van der Waals surface area contributed by atoms with Gasteiger partial charge in [0.25, 0.3) is 0 Å². The first-order valence-electron chi connectivity index (χ1n) is 10.4. The van der Waals surface area contributed by atoms with Crippen molar-refractivity contribution in [2.45, 2.75) is 38.1 Å². The van der Waals surface area contributed by atoms with Crippen LogP contribution in [0.2, 0.25) is 0 Å². The largest absolute Gasteiger partial charge is 0.492 e. The Balaban J connectivity index is 1.77. The van der Waals surface area contributed by atoms with Crippen molar-refractivity contribution in [1.29, 1.82) is 0 Å². The first-order chi connectivity index (χ1) is 15.2. The second-order valence-electron chi connectivity index (χ2n) is 6.95. The number of hydrogen-bond donors (Lipinski definition) is 1. The van der Waals surface area contributed by atoms with Gasteiger partial charge in [0.1, 0.15) is 0 Å². The van der Waals surface area contributed by atoms with Crippen LogP contribution in [0, 0.1) is 0 Å². The minimum absolute atomic E-state index is 0.445. The molecule has 8 heteroatoms. The summed E-state index contributed by atoms with van der Waals surface area (Å²) >= 11 is 1.59. The molecule has 1 N–H and O–H groups in total. The molecule has 1 aliphatic rings. The Bertz CT molecular complexity index is 1050. The molecule has 1 aliphatic heterocycles. The number of thioether (sulfide) groups is 1. The van der Waals surface area contributed by atoms with E-state index in [1.165, 1.54) is 0 Å². The van der Waals surface area contributed by atoms with Crippen LogP contribution < -0.4 is 19.5 Å². The first-order valence-corrected chi connectivity index (χ1v) is 11.4. The average Bonchev–Trinajstić information content (AvgIpc) is 2.96. The van der Waals surface area contributed by atoms with Gasteiger partial charge in [0.15, 0.2) is 17.2 Å². The molecule has 0 saturated heterocycles. The van der Waals surface area contributed by atoms with Crippen LogP contribution in [-0.4, -0.2) is 34.7 Å². The van der Waals surface area contributed by atoms with Crippen molar-refractivity contribution in [2.75, 3.05) is 24.8 Å². The number of methoxy groups -OCH3 is 1. The van der Waals surface area contributed by atoms with Gasteiger partial charge in [-0.05, 0) is 31.5 Å². The monoisotopic (exact) mass is 438 g/mol. The molecule has 4 rings (SSSR count). The normalized spacial score (nSPS) is 14.5. The molecule has 1 unspecified atom stereocenters. The fraction of sp³-hybridized carbons (Fsp3) is 0.348. The molecule has 1 atom stereocenters. The summed E-state index contributed by atoms with van der Waals surface area (Å²) in [6.45, 7) is 4.65. The molecule has 2 heterocycles. The summed E-state index contributed by atoms with van der Waals surface area (Å²) in [5.41, 5.74) is 3.21. The molecule has 1 aromatic heterocycles. The number of anilines is 1. The fourth-order valence-electron chi connectivity index (χ4n) is 3.38. The van der Waals surface area contributed by atoms with Crippen molar-refractivity contribution in [3.63, 3.8) is 0 Å². The molecular formula is C23H26N4O3S. The number of aromatic nitrogens is 3. The predicted molar refractivity (Wildman–Crippen MR) is 122 cm³/mol. The molecule has 31 heavy (non-hydrogen) atoms. The van der Waals surface area contributed by atoms with Gasteiger partial charge in [-0.1, -0.05) is 49.4 Å². The van der Waals surface area contributed by atoms with Gasteiger partial charge in [0.05, 0.1) is 19.3 Å². The third kappa shape index (κ3) is 4.54. The fourth-order valence-corrected chi connectivity index (χ4v) is 4.25. The first kappa shape index (κ1) is 21.2. The van der Waals surface area contributed by atoms with Crippen molar-refractivity contribution < 1.29 is 14.2 Å².